The van der Waals surface area contributed by atoms with Crippen molar-refractivity contribution < 1.29 is 23.9 Å². The molecule has 1 unspecified atom stereocenters. The fourth-order valence-corrected chi connectivity index (χ4v) is 4.48. The van der Waals surface area contributed by atoms with Gasteiger partial charge in [0.1, 0.15) is 18.1 Å². The molecule has 0 saturated carbocycles. The number of nitrogens with two attached hydrogens (primary N) is 1. The number of para-hydroxylation sites is 1. The van der Waals surface area contributed by atoms with Crippen molar-refractivity contribution in [2.24, 2.45) is 5.73 Å². The molecule has 0 aliphatic carbocycles. The number of benzene rings is 1. The third kappa shape index (κ3) is 9.73. The van der Waals surface area contributed by atoms with Gasteiger partial charge in [-0.2, -0.15) is 11.8 Å². The zero-order valence-corrected chi connectivity index (χ0v) is 22.6. The maximum atomic E-state index is 13.3. The summed E-state index contributed by atoms with van der Waals surface area (Å²) in [6.07, 6.45) is 6.08. The molecule has 0 aliphatic heterocycles. The Kier molecular flexibility index (Phi) is 13.0. The molecule has 2 aromatic rings. The molecule has 2 rings (SSSR count). The number of esters is 1. The number of carbonyl (C=O) groups is 4. The second-order valence-corrected chi connectivity index (χ2v) is 9.74. The Hall–Kier alpha value is -3.05. The largest absolute Gasteiger partial charge is 0.464 e. The number of carbonyl (C=O) groups excluding carboxylic acids is 4. The van der Waals surface area contributed by atoms with Crippen LogP contribution in [-0.2, 0) is 30.3 Å². The van der Waals surface area contributed by atoms with E-state index in [-0.39, 0.29) is 18.9 Å². The topological polar surface area (TPSA) is 155 Å². The standard InChI is InChI=1S/C26H39N5O5S/c1-4-36-26(35)22(11-7-8-13-27)31-24(33)21(12-14-37-3)30-25(34)23(29-17(2)32)15-18-16-28-20-10-6-5-9-19(18)20/h5-6,9-10,16,21-23,28H,4,7-8,11-15,27H2,1-3H3,(H,29,32)(H,30,34)(H,31,33)/t21-,22?,23-/m0/s1. The van der Waals surface area contributed by atoms with Gasteiger partial charge in [-0.1, -0.05) is 18.2 Å². The number of aromatic nitrogens is 1. The molecule has 0 aliphatic rings. The van der Waals surface area contributed by atoms with E-state index >= 15 is 0 Å². The molecule has 0 saturated heterocycles. The van der Waals surface area contributed by atoms with E-state index in [1.807, 2.05) is 36.7 Å². The van der Waals surface area contributed by atoms with Gasteiger partial charge in [0, 0.05) is 30.4 Å². The number of amides is 3. The van der Waals surface area contributed by atoms with Crippen molar-refractivity contribution in [3.05, 3.63) is 36.0 Å². The van der Waals surface area contributed by atoms with Gasteiger partial charge in [0.25, 0.3) is 0 Å². The lowest BCUT2D eigenvalue weighted by atomic mass is 10.0. The van der Waals surface area contributed by atoms with Gasteiger partial charge in [0.2, 0.25) is 17.7 Å². The number of H-pyrrole nitrogens is 1. The van der Waals surface area contributed by atoms with Crippen LogP contribution in [0.15, 0.2) is 30.5 Å². The molecule has 0 radical (unpaired) electrons. The van der Waals surface area contributed by atoms with Gasteiger partial charge in [0.05, 0.1) is 6.61 Å². The molecule has 3 amide bonds. The second-order valence-electron chi connectivity index (χ2n) is 8.76. The Balaban J connectivity index is 2.18. The Morgan fingerprint density at radius 2 is 1.70 bits per heavy atom. The molecule has 10 nitrogen and oxygen atoms in total. The average Bonchev–Trinajstić information content (AvgIpc) is 3.28. The third-order valence-corrected chi connectivity index (χ3v) is 6.52. The van der Waals surface area contributed by atoms with Crippen molar-refractivity contribution in [2.75, 3.05) is 25.2 Å². The van der Waals surface area contributed by atoms with E-state index in [4.69, 9.17) is 10.5 Å². The lowest BCUT2D eigenvalue weighted by Crippen LogP contribution is -2.56. The number of thioether (sulfide) groups is 1. The van der Waals surface area contributed by atoms with Crippen molar-refractivity contribution in [1.82, 2.24) is 20.9 Å². The Bertz CT molecular complexity index is 1040. The molecule has 0 bridgehead atoms. The van der Waals surface area contributed by atoms with Crippen LogP contribution < -0.4 is 21.7 Å². The molecular weight excluding hydrogens is 494 g/mol. The van der Waals surface area contributed by atoms with Gasteiger partial charge in [-0.05, 0) is 62.8 Å². The van der Waals surface area contributed by atoms with Crippen molar-refractivity contribution in [2.45, 2.75) is 64.1 Å². The van der Waals surface area contributed by atoms with E-state index in [1.165, 1.54) is 18.7 Å². The normalized spacial score (nSPS) is 13.4. The number of nitrogens with one attached hydrogen (secondary N) is 4. The summed E-state index contributed by atoms with van der Waals surface area (Å²) >= 11 is 1.54. The van der Waals surface area contributed by atoms with Crippen LogP contribution in [0.4, 0.5) is 0 Å². The van der Waals surface area contributed by atoms with Gasteiger partial charge in [-0.15, -0.1) is 0 Å². The first-order valence-electron chi connectivity index (χ1n) is 12.6. The van der Waals surface area contributed by atoms with Crippen molar-refractivity contribution in [3.63, 3.8) is 0 Å². The molecule has 1 heterocycles. The maximum Gasteiger partial charge on any atom is 0.328 e. The highest BCUT2D eigenvalue weighted by atomic mass is 32.2. The molecule has 11 heteroatoms. The van der Waals surface area contributed by atoms with Crippen LogP contribution in [-0.4, -0.2) is 72.0 Å². The predicted molar refractivity (Wildman–Crippen MR) is 146 cm³/mol. The van der Waals surface area contributed by atoms with E-state index in [0.717, 1.165) is 16.5 Å². The third-order valence-electron chi connectivity index (χ3n) is 5.87. The van der Waals surface area contributed by atoms with Crippen LogP contribution in [0.5, 0.6) is 0 Å². The highest BCUT2D eigenvalue weighted by molar-refractivity contribution is 7.98. The van der Waals surface area contributed by atoms with E-state index in [1.54, 1.807) is 6.92 Å². The van der Waals surface area contributed by atoms with Crippen LogP contribution in [0.1, 0.15) is 45.1 Å². The van der Waals surface area contributed by atoms with Crippen LogP contribution >= 0.6 is 11.8 Å². The lowest BCUT2D eigenvalue weighted by molar-refractivity contribution is -0.148. The minimum absolute atomic E-state index is 0.195. The monoisotopic (exact) mass is 533 g/mol. The number of aromatic amines is 1. The van der Waals surface area contributed by atoms with Crippen molar-refractivity contribution in [3.8, 4) is 0 Å². The molecule has 1 aromatic carbocycles. The molecule has 6 N–H and O–H groups in total. The van der Waals surface area contributed by atoms with Gasteiger partial charge >= 0.3 is 5.97 Å². The van der Waals surface area contributed by atoms with Gasteiger partial charge in [0.15, 0.2) is 0 Å². The van der Waals surface area contributed by atoms with Crippen LogP contribution in [0.2, 0.25) is 0 Å². The Morgan fingerprint density at radius 3 is 2.38 bits per heavy atom. The summed E-state index contributed by atoms with van der Waals surface area (Å²) in [7, 11) is 0. The zero-order chi connectivity index (χ0) is 27.2. The molecule has 0 fully saturated rings. The number of hydrogen-bond donors (Lipinski definition) is 5. The second kappa shape index (κ2) is 15.9. The summed E-state index contributed by atoms with van der Waals surface area (Å²) in [6.45, 7) is 3.73. The van der Waals surface area contributed by atoms with Crippen molar-refractivity contribution in [1.29, 1.82) is 0 Å². The number of fused-ring (bicyclic) bond motifs is 1. The first kappa shape index (κ1) is 30.2. The zero-order valence-electron chi connectivity index (χ0n) is 21.8. The molecule has 3 atom stereocenters. The van der Waals surface area contributed by atoms with Crippen LogP contribution in [0.3, 0.4) is 0 Å². The van der Waals surface area contributed by atoms with Gasteiger partial charge in [-0.25, -0.2) is 4.79 Å². The number of rotatable bonds is 16. The van der Waals surface area contributed by atoms with E-state index < -0.39 is 35.9 Å². The number of unbranched alkanes of at least 4 members (excludes halogenated alkanes) is 1. The highest BCUT2D eigenvalue weighted by Crippen LogP contribution is 2.19. The molecular formula is C26H39N5O5S. The molecule has 204 valence electrons. The smallest absolute Gasteiger partial charge is 0.328 e. The van der Waals surface area contributed by atoms with Crippen LogP contribution in [0.25, 0.3) is 10.9 Å². The van der Waals surface area contributed by atoms with E-state index in [9.17, 15) is 19.2 Å². The van der Waals surface area contributed by atoms with E-state index in [2.05, 4.69) is 20.9 Å². The predicted octanol–water partition coefficient (Wildman–Crippen LogP) is 1.63. The first-order chi connectivity index (χ1) is 17.8. The Morgan fingerprint density at radius 1 is 1.00 bits per heavy atom. The summed E-state index contributed by atoms with van der Waals surface area (Å²) in [5.41, 5.74) is 7.36. The SMILES string of the molecule is CCOC(=O)C(CCCCN)NC(=O)[C@H](CCSC)NC(=O)[C@H](Cc1c[nH]c2ccccc12)NC(C)=O. The summed E-state index contributed by atoms with van der Waals surface area (Å²) in [5, 5.41) is 9.21. The van der Waals surface area contributed by atoms with Crippen LogP contribution in [0, 0.1) is 0 Å². The Labute approximate surface area is 222 Å². The van der Waals surface area contributed by atoms with Crippen molar-refractivity contribution >= 4 is 46.4 Å². The molecule has 37 heavy (non-hydrogen) atoms. The summed E-state index contributed by atoms with van der Waals surface area (Å²) < 4.78 is 5.13. The lowest BCUT2D eigenvalue weighted by Gasteiger charge is -2.25. The van der Waals surface area contributed by atoms with Gasteiger partial charge < -0.3 is 31.4 Å². The highest BCUT2D eigenvalue weighted by Gasteiger charge is 2.30. The fourth-order valence-electron chi connectivity index (χ4n) is 4.01. The molecule has 0 spiro atoms. The van der Waals surface area contributed by atoms with E-state index in [0.29, 0.717) is 38.0 Å². The quantitative estimate of drug-likeness (QED) is 0.162. The van der Waals surface area contributed by atoms with Gasteiger partial charge in [-0.3, -0.25) is 14.4 Å². The summed E-state index contributed by atoms with van der Waals surface area (Å²) in [5.74, 6) is -1.20. The minimum atomic E-state index is -0.884. The number of ether oxygens (including phenoxy) is 1. The summed E-state index contributed by atoms with van der Waals surface area (Å²) in [4.78, 5) is 54.1. The molecule has 1 aromatic heterocycles. The minimum Gasteiger partial charge on any atom is -0.464 e. The first-order valence-corrected chi connectivity index (χ1v) is 14.0. The summed E-state index contributed by atoms with van der Waals surface area (Å²) in [6, 6.07) is 5.10. The maximum absolute atomic E-state index is 13.3. The average molecular weight is 534 g/mol. The number of hydrogen-bond acceptors (Lipinski definition) is 7. The fraction of sp³-hybridized carbons (Fsp3) is 0.538.